The Morgan fingerprint density at radius 3 is 3.05 bits per heavy atom. The van der Waals surface area contributed by atoms with Gasteiger partial charge in [0.05, 0.1) is 17.6 Å². The Balaban J connectivity index is 1.98. The van der Waals surface area contributed by atoms with Crippen molar-refractivity contribution in [1.82, 2.24) is 9.97 Å². The third kappa shape index (κ3) is 2.67. The van der Waals surface area contributed by atoms with Crippen molar-refractivity contribution in [3.05, 3.63) is 50.9 Å². The van der Waals surface area contributed by atoms with Crippen LogP contribution in [0.2, 0.25) is 5.15 Å². The molecular weight excluding hydrogens is 308 g/mol. The second-order valence-corrected chi connectivity index (χ2v) is 5.35. The Bertz CT molecular complexity index is 738. The van der Waals surface area contributed by atoms with E-state index in [1.807, 2.05) is 25.1 Å². The fraction of sp³-hybridized carbons (Fsp3) is 0.286. The molecule has 0 saturated carbocycles. The maximum Gasteiger partial charge on any atom is 0.348 e. The molecule has 0 aliphatic carbocycles. The average molecular weight is 321 g/mol. The van der Waals surface area contributed by atoms with Gasteiger partial charge in [-0.3, -0.25) is 10.1 Å². The second-order valence-electron chi connectivity index (χ2n) is 4.99. The number of hydrogen-bond donors (Lipinski definition) is 1. The molecular formula is C14H13ClN4O3. The van der Waals surface area contributed by atoms with Gasteiger partial charge in [0.15, 0.2) is 0 Å². The number of benzene rings is 1. The third-order valence-electron chi connectivity index (χ3n) is 3.48. The first kappa shape index (κ1) is 14.5. The van der Waals surface area contributed by atoms with Crippen LogP contribution in [0.15, 0.2) is 24.5 Å². The molecule has 0 spiro atoms. The van der Waals surface area contributed by atoms with E-state index in [0.29, 0.717) is 13.0 Å². The van der Waals surface area contributed by atoms with Crippen molar-refractivity contribution in [2.75, 3.05) is 11.9 Å². The number of nitro groups is 1. The van der Waals surface area contributed by atoms with Gasteiger partial charge in [-0.15, -0.1) is 0 Å². The molecule has 1 aliphatic rings. The smallest absolute Gasteiger partial charge is 0.348 e. The zero-order valence-electron chi connectivity index (χ0n) is 11.7. The highest BCUT2D eigenvalue weighted by Gasteiger charge is 2.27. The number of halogens is 1. The standard InChI is InChI=1S/C14H13ClN4O3/c1-8-2-3-11-9(6-8)10(4-5-22-11)18-14-12(19(20)21)13(15)16-7-17-14/h2-3,6-7,10H,4-5H2,1H3,(H,16,17,18). The highest BCUT2D eigenvalue weighted by atomic mass is 35.5. The van der Waals surface area contributed by atoms with Gasteiger partial charge in [-0.25, -0.2) is 9.97 Å². The normalized spacial score (nSPS) is 16.5. The van der Waals surface area contributed by atoms with E-state index >= 15 is 0 Å². The van der Waals surface area contributed by atoms with E-state index in [1.54, 1.807) is 0 Å². The molecule has 2 aromatic rings. The molecule has 22 heavy (non-hydrogen) atoms. The summed E-state index contributed by atoms with van der Waals surface area (Å²) in [6, 6.07) is 5.74. The first-order valence-electron chi connectivity index (χ1n) is 6.71. The summed E-state index contributed by atoms with van der Waals surface area (Å²) >= 11 is 5.81. The number of rotatable bonds is 3. The number of hydrogen-bond acceptors (Lipinski definition) is 6. The van der Waals surface area contributed by atoms with E-state index < -0.39 is 4.92 Å². The van der Waals surface area contributed by atoms with Crippen LogP contribution in [-0.4, -0.2) is 21.5 Å². The summed E-state index contributed by atoms with van der Waals surface area (Å²) in [6.07, 6.45) is 1.88. The van der Waals surface area contributed by atoms with Crippen molar-refractivity contribution in [3.63, 3.8) is 0 Å². The van der Waals surface area contributed by atoms with Crippen molar-refractivity contribution in [1.29, 1.82) is 0 Å². The summed E-state index contributed by atoms with van der Waals surface area (Å²) in [5.74, 6) is 0.890. The van der Waals surface area contributed by atoms with Gasteiger partial charge in [-0.2, -0.15) is 0 Å². The number of anilines is 1. The number of ether oxygens (including phenoxy) is 1. The number of nitrogens with one attached hydrogen (secondary N) is 1. The predicted octanol–water partition coefficient (Wildman–Crippen LogP) is 3.28. The highest BCUT2D eigenvalue weighted by Crippen LogP contribution is 2.37. The minimum absolute atomic E-state index is 0.115. The quantitative estimate of drug-likeness (QED) is 0.530. The van der Waals surface area contributed by atoms with Gasteiger partial charge in [0.2, 0.25) is 11.0 Å². The second kappa shape index (κ2) is 5.76. The summed E-state index contributed by atoms with van der Waals surface area (Å²) < 4.78 is 5.62. The molecule has 0 bridgehead atoms. The Morgan fingerprint density at radius 1 is 1.45 bits per heavy atom. The number of nitrogens with zero attached hydrogens (tertiary/aromatic N) is 3. The summed E-state index contributed by atoms with van der Waals surface area (Å²) in [5.41, 5.74) is 1.73. The van der Waals surface area contributed by atoms with E-state index in [2.05, 4.69) is 15.3 Å². The summed E-state index contributed by atoms with van der Waals surface area (Å²) in [5, 5.41) is 14.1. The molecule has 1 aromatic heterocycles. The average Bonchev–Trinajstić information content (AvgIpc) is 2.47. The molecule has 1 aliphatic heterocycles. The lowest BCUT2D eigenvalue weighted by molar-refractivity contribution is -0.384. The largest absolute Gasteiger partial charge is 0.493 e. The molecule has 2 heterocycles. The topological polar surface area (TPSA) is 90.2 Å². The molecule has 0 fully saturated rings. The van der Waals surface area contributed by atoms with Gasteiger partial charge < -0.3 is 10.1 Å². The Morgan fingerprint density at radius 2 is 2.27 bits per heavy atom. The van der Waals surface area contributed by atoms with Gasteiger partial charge in [0.25, 0.3) is 0 Å². The molecule has 8 heteroatoms. The van der Waals surface area contributed by atoms with Crippen LogP contribution in [0.3, 0.4) is 0 Å². The maximum absolute atomic E-state index is 11.2. The van der Waals surface area contributed by atoms with Crippen molar-refractivity contribution in [2.45, 2.75) is 19.4 Å². The number of fused-ring (bicyclic) bond motifs is 1. The van der Waals surface area contributed by atoms with Gasteiger partial charge in [0.1, 0.15) is 12.1 Å². The number of aryl methyl sites for hydroxylation is 1. The van der Waals surface area contributed by atoms with Crippen LogP contribution < -0.4 is 10.1 Å². The molecule has 7 nitrogen and oxygen atoms in total. The minimum atomic E-state index is -0.582. The zero-order valence-corrected chi connectivity index (χ0v) is 12.5. The van der Waals surface area contributed by atoms with Gasteiger partial charge in [-0.05, 0) is 13.0 Å². The lowest BCUT2D eigenvalue weighted by Crippen LogP contribution is -2.21. The lowest BCUT2D eigenvalue weighted by atomic mass is 9.98. The maximum atomic E-state index is 11.2. The van der Waals surface area contributed by atoms with Crippen molar-refractivity contribution in [3.8, 4) is 5.75 Å². The number of aromatic nitrogens is 2. The lowest BCUT2D eigenvalue weighted by Gasteiger charge is -2.27. The van der Waals surface area contributed by atoms with Gasteiger partial charge in [0, 0.05) is 12.0 Å². The fourth-order valence-electron chi connectivity index (χ4n) is 2.45. The van der Waals surface area contributed by atoms with Crippen molar-refractivity contribution in [2.24, 2.45) is 0 Å². The van der Waals surface area contributed by atoms with Crippen molar-refractivity contribution >= 4 is 23.1 Å². The molecule has 114 valence electrons. The van der Waals surface area contributed by atoms with E-state index in [-0.39, 0.29) is 22.7 Å². The molecule has 1 unspecified atom stereocenters. The van der Waals surface area contributed by atoms with Gasteiger partial charge >= 0.3 is 5.69 Å². The third-order valence-corrected chi connectivity index (χ3v) is 3.75. The van der Waals surface area contributed by atoms with E-state index in [4.69, 9.17) is 16.3 Å². The van der Waals surface area contributed by atoms with Crippen LogP contribution in [0.1, 0.15) is 23.6 Å². The first-order chi connectivity index (χ1) is 10.6. The van der Waals surface area contributed by atoms with Crippen LogP contribution in [0, 0.1) is 17.0 Å². The monoisotopic (exact) mass is 320 g/mol. The molecule has 3 rings (SSSR count). The van der Waals surface area contributed by atoms with E-state index in [0.717, 1.165) is 16.9 Å². The Hall–Kier alpha value is -2.41. The highest BCUT2D eigenvalue weighted by molar-refractivity contribution is 6.31. The Kier molecular flexibility index (Phi) is 3.81. The van der Waals surface area contributed by atoms with E-state index in [1.165, 1.54) is 6.33 Å². The minimum Gasteiger partial charge on any atom is -0.493 e. The van der Waals surface area contributed by atoms with Crippen LogP contribution in [0.25, 0.3) is 0 Å². The van der Waals surface area contributed by atoms with Crippen molar-refractivity contribution < 1.29 is 9.66 Å². The summed E-state index contributed by atoms with van der Waals surface area (Å²) in [6.45, 7) is 2.51. The molecule has 1 atom stereocenters. The summed E-state index contributed by atoms with van der Waals surface area (Å²) in [4.78, 5) is 18.2. The predicted molar refractivity (Wildman–Crippen MR) is 81.4 cm³/mol. The first-order valence-corrected chi connectivity index (χ1v) is 7.09. The molecule has 0 saturated heterocycles. The van der Waals surface area contributed by atoms with Crippen LogP contribution in [0.5, 0.6) is 5.75 Å². The molecule has 1 aromatic carbocycles. The Labute approximate surface area is 131 Å². The van der Waals surface area contributed by atoms with Crippen LogP contribution in [0.4, 0.5) is 11.5 Å². The van der Waals surface area contributed by atoms with Gasteiger partial charge in [-0.1, -0.05) is 29.3 Å². The molecule has 1 N–H and O–H groups in total. The SMILES string of the molecule is Cc1ccc2c(c1)C(Nc1ncnc(Cl)c1[N+](=O)[O-])CCO2. The molecule has 0 radical (unpaired) electrons. The zero-order chi connectivity index (χ0) is 15.7. The fourth-order valence-corrected chi connectivity index (χ4v) is 2.66. The van der Waals surface area contributed by atoms with E-state index in [9.17, 15) is 10.1 Å². The molecule has 0 amide bonds. The van der Waals surface area contributed by atoms with Crippen LogP contribution >= 0.6 is 11.6 Å². The van der Waals surface area contributed by atoms with Crippen LogP contribution in [-0.2, 0) is 0 Å². The summed E-state index contributed by atoms with van der Waals surface area (Å²) in [7, 11) is 0.